The number of hydrogen-bond donors (Lipinski definition) is 1. The lowest BCUT2D eigenvalue weighted by Crippen LogP contribution is -2.61. The zero-order valence-electron chi connectivity index (χ0n) is 27.2. The fourth-order valence-electron chi connectivity index (χ4n) is 7.84. The first-order valence-electron chi connectivity index (χ1n) is 16.6. The van der Waals surface area contributed by atoms with Crippen LogP contribution in [0.1, 0.15) is 62.4 Å². The molecule has 9 nitrogen and oxygen atoms in total. The Bertz CT molecular complexity index is 1750. The van der Waals surface area contributed by atoms with Crippen LogP contribution in [0.5, 0.6) is 5.75 Å². The van der Waals surface area contributed by atoms with Crippen molar-refractivity contribution < 1.29 is 9.53 Å². The fraction of sp³-hybridized carbons (Fsp3) is 0.500. The summed E-state index contributed by atoms with van der Waals surface area (Å²) in [6.45, 7) is 16.2. The molecule has 1 spiro atoms. The van der Waals surface area contributed by atoms with Gasteiger partial charge in [-0.1, -0.05) is 19.6 Å². The number of carbonyl (C=O) groups excluding carboxylic acids is 1. The monoisotopic (exact) mass is 607 g/mol. The van der Waals surface area contributed by atoms with E-state index in [1.54, 1.807) is 0 Å². The molecule has 0 aliphatic carbocycles. The number of fused-ring (bicyclic) bond motifs is 2. The number of nitrogens with zero attached hydrogens (tertiary/aromatic N) is 6. The molecule has 0 atom stereocenters. The number of ether oxygens (including phenoxy) is 1. The van der Waals surface area contributed by atoms with Crippen LogP contribution in [-0.2, 0) is 11.2 Å². The number of piperidine rings is 2. The van der Waals surface area contributed by atoms with E-state index >= 15 is 0 Å². The molecule has 7 rings (SSSR count). The highest BCUT2D eigenvalue weighted by molar-refractivity contribution is 6.05. The summed E-state index contributed by atoms with van der Waals surface area (Å²) in [6.07, 6.45) is 8.41. The number of anilines is 1. The van der Waals surface area contributed by atoms with Crippen LogP contribution in [0, 0.1) is 12.3 Å². The Morgan fingerprint density at radius 3 is 2.53 bits per heavy atom. The minimum Gasteiger partial charge on any atom is -0.491 e. The van der Waals surface area contributed by atoms with E-state index in [2.05, 4.69) is 72.6 Å². The molecule has 3 saturated heterocycles. The van der Waals surface area contributed by atoms with Crippen LogP contribution in [0.15, 0.2) is 37.1 Å². The molecule has 3 fully saturated rings. The molecule has 1 N–H and O–H groups in total. The van der Waals surface area contributed by atoms with Gasteiger partial charge in [-0.25, -0.2) is 9.97 Å². The van der Waals surface area contributed by atoms with E-state index in [1.807, 2.05) is 11.1 Å². The summed E-state index contributed by atoms with van der Waals surface area (Å²) >= 11 is 0. The smallest absolute Gasteiger partial charge is 0.245 e. The van der Waals surface area contributed by atoms with Gasteiger partial charge in [0.1, 0.15) is 17.2 Å². The van der Waals surface area contributed by atoms with Gasteiger partial charge in [0, 0.05) is 53.8 Å². The number of aryl methyl sites for hydroxylation is 2. The summed E-state index contributed by atoms with van der Waals surface area (Å²) in [4.78, 5) is 29.8. The predicted octanol–water partition coefficient (Wildman–Crippen LogP) is 5.87. The second kappa shape index (κ2) is 11.7. The van der Waals surface area contributed by atoms with E-state index in [0.717, 1.165) is 122 Å². The third-order valence-corrected chi connectivity index (χ3v) is 10.5. The molecule has 5 heterocycles. The highest BCUT2D eigenvalue weighted by Crippen LogP contribution is 2.47. The van der Waals surface area contributed by atoms with Crippen molar-refractivity contribution in [2.24, 2.45) is 5.41 Å². The molecule has 45 heavy (non-hydrogen) atoms. The Morgan fingerprint density at radius 2 is 1.84 bits per heavy atom. The van der Waals surface area contributed by atoms with Gasteiger partial charge in [-0.15, -0.1) is 0 Å². The quantitative estimate of drug-likeness (QED) is 0.263. The van der Waals surface area contributed by atoms with Gasteiger partial charge in [-0.3, -0.25) is 9.89 Å². The van der Waals surface area contributed by atoms with Crippen molar-refractivity contribution in [1.29, 1.82) is 0 Å². The van der Waals surface area contributed by atoms with E-state index in [4.69, 9.17) is 14.7 Å². The number of likely N-dealkylation sites (tertiary alicyclic amines) is 2. The first-order valence-corrected chi connectivity index (χ1v) is 16.6. The van der Waals surface area contributed by atoms with Gasteiger partial charge in [0.2, 0.25) is 5.91 Å². The number of aromatic nitrogens is 4. The maximum Gasteiger partial charge on any atom is 0.245 e. The van der Waals surface area contributed by atoms with Gasteiger partial charge < -0.3 is 19.4 Å². The van der Waals surface area contributed by atoms with E-state index in [9.17, 15) is 4.79 Å². The van der Waals surface area contributed by atoms with Gasteiger partial charge in [0.25, 0.3) is 0 Å². The number of carbonyl (C=O) groups is 1. The molecule has 1 amide bonds. The lowest BCUT2D eigenvalue weighted by Gasteiger charge is -2.54. The summed E-state index contributed by atoms with van der Waals surface area (Å²) in [6, 6.07) is 6.60. The minimum atomic E-state index is 0.0420. The third-order valence-electron chi connectivity index (χ3n) is 10.5. The normalized spacial score (nSPS) is 18.9. The van der Waals surface area contributed by atoms with Crippen molar-refractivity contribution in [2.75, 3.05) is 57.8 Å². The van der Waals surface area contributed by atoms with Crippen molar-refractivity contribution in [3.8, 4) is 16.9 Å². The average molecular weight is 608 g/mol. The van der Waals surface area contributed by atoms with E-state index in [-0.39, 0.29) is 11.3 Å². The van der Waals surface area contributed by atoms with Crippen LogP contribution in [0.2, 0.25) is 0 Å². The molecule has 4 aromatic rings. The molecule has 3 aliphatic heterocycles. The van der Waals surface area contributed by atoms with Crippen LogP contribution in [-0.4, -0.2) is 88.8 Å². The second-order valence-electron chi connectivity index (χ2n) is 13.4. The van der Waals surface area contributed by atoms with Crippen molar-refractivity contribution in [3.63, 3.8) is 0 Å². The van der Waals surface area contributed by atoms with E-state index in [1.165, 1.54) is 17.2 Å². The molecule has 3 aliphatic rings. The summed E-state index contributed by atoms with van der Waals surface area (Å²) in [5, 5.41) is 9.73. The molecule has 9 heteroatoms. The molecule has 0 unspecified atom stereocenters. The molecule has 236 valence electrons. The predicted molar refractivity (Wildman–Crippen MR) is 180 cm³/mol. The highest BCUT2D eigenvalue weighted by Gasteiger charge is 2.46. The number of rotatable bonds is 7. The Morgan fingerprint density at radius 1 is 1.09 bits per heavy atom. The number of amides is 1. The topological polar surface area (TPSA) is 90.5 Å². The van der Waals surface area contributed by atoms with Gasteiger partial charge in [-0.2, -0.15) is 5.10 Å². The van der Waals surface area contributed by atoms with E-state index < -0.39 is 0 Å². The Hall–Kier alpha value is -3.98. The van der Waals surface area contributed by atoms with Gasteiger partial charge >= 0.3 is 0 Å². The van der Waals surface area contributed by atoms with Gasteiger partial charge in [0.05, 0.1) is 18.3 Å². The maximum atomic E-state index is 12.2. The summed E-state index contributed by atoms with van der Waals surface area (Å²) in [7, 11) is 2.20. The van der Waals surface area contributed by atoms with Crippen LogP contribution < -0.4 is 9.64 Å². The number of H-pyrrole nitrogens is 1. The number of benzene rings is 2. The standard InChI is InChI=1S/C36H45N7O2/c1-6-24-19-26-32(33(45-8-3)31(24)30-23(4)9-10-28-27(30)20-37-40-28)38-34(25-11-15-41(5)16-12-25)39-35(26)42-17-13-36(14-18-42)21-43(22-36)29(44)7-2/h7,9-10,19-20,25H,2,6,8,11-18,21-22H2,1,3-5H3,(H,37,40). The van der Waals surface area contributed by atoms with Crippen LogP contribution in [0.25, 0.3) is 32.9 Å². The summed E-state index contributed by atoms with van der Waals surface area (Å²) in [5.74, 6) is 3.18. The molecule has 0 radical (unpaired) electrons. The SMILES string of the molecule is C=CC(=O)N1CC2(CCN(c3nc(C4CCN(C)CC4)nc4c(OCC)c(-c5c(C)ccc6[nH]ncc56)c(CC)cc34)CC2)C1. The van der Waals surface area contributed by atoms with Gasteiger partial charge in [-0.05, 0) is 101 Å². The Kier molecular flexibility index (Phi) is 7.76. The number of hydrogen-bond acceptors (Lipinski definition) is 7. The van der Waals surface area contributed by atoms with Crippen LogP contribution >= 0.6 is 0 Å². The van der Waals surface area contributed by atoms with Crippen LogP contribution in [0.4, 0.5) is 5.82 Å². The molecular weight excluding hydrogens is 562 g/mol. The molecule has 2 aromatic heterocycles. The summed E-state index contributed by atoms with van der Waals surface area (Å²) in [5.41, 5.74) is 6.83. The number of nitrogens with one attached hydrogen (secondary N) is 1. The lowest BCUT2D eigenvalue weighted by molar-refractivity contribution is -0.139. The zero-order valence-corrected chi connectivity index (χ0v) is 27.2. The average Bonchev–Trinajstić information content (AvgIpc) is 3.52. The largest absolute Gasteiger partial charge is 0.491 e. The second-order valence-corrected chi connectivity index (χ2v) is 13.4. The van der Waals surface area contributed by atoms with Gasteiger partial charge in [0.15, 0.2) is 5.75 Å². The Balaban J connectivity index is 1.38. The first-order chi connectivity index (χ1) is 21.8. The third kappa shape index (κ3) is 5.15. The molecule has 0 saturated carbocycles. The van der Waals surface area contributed by atoms with Crippen molar-refractivity contribution in [1.82, 2.24) is 30.0 Å². The highest BCUT2D eigenvalue weighted by atomic mass is 16.5. The Labute approximate surface area is 265 Å². The zero-order chi connectivity index (χ0) is 31.3. The molecular formula is C36H45N7O2. The maximum absolute atomic E-state index is 12.2. The number of aromatic amines is 1. The molecule has 0 bridgehead atoms. The fourth-order valence-corrected chi connectivity index (χ4v) is 7.84. The summed E-state index contributed by atoms with van der Waals surface area (Å²) < 4.78 is 6.64. The first kappa shape index (κ1) is 29.7. The van der Waals surface area contributed by atoms with Crippen molar-refractivity contribution >= 4 is 33.5 Å². The molecule has 2 aromatic carbocycles. The van der Waals surface area contributed by atoms with E-state index in [0.29, 0.717) is 12.5 Å². The van der Waals surface area contributed by atoms with Crippen molar-refractivity contribution in [3.05, 3.63) is 54.0 Å². The minimum absolute atomic E-state index is 0.0420. The lowest BCUT2D eigenvalue weighted by atomic mass is 9.72. The van der Waals surface area contributed by atoms with Crippen molar-refractivity contribution in [2.45, 2.75) is 58.8 Å². The van der Waals surface area contributed by atoms with Crippen LogP contribution in [0.3, 0.4) is 0 Å².